The number of hydrogen-bond acceptors (Lipinski definition) is 7. The minimum Gasteiger partial charge on any atom is -0.274 e. The summed E-state index contributed by atoms with van der Waals surface area (Å²) in [5.41, 5.74) is 3.49. The van der Waals surface area contributed by atoms with Gasteiger partial charge in [0.15, 0.2) is 5.13 Å². The first-order valence-electron chi connectivity index (χ1n) is 10.0. The number of aromatic nitrogens is 3. The van der Waals surface area contributed by atoms with Gasteiger partial charge in [0.2, 0.25) is 5.91 Å². The van der Waals surface area contributed by atoms with Gasteiger partial charge in [-0.05, 0) is 35.9 Å². The minimum atomic E-state index is -0.255. The topological polar surface area (TPSA) is 59.0 Å². The molecule has 0 fully saturated rings. The highest BCUT2D eigenvalue weighted by Gasteiger charge is 2.18. The van der Waals surface area contributed by atoms with Gasteiger partial charge in [0.05, 0.1) is 21.6 Å². The fraction of sp³-hybridized carbons (Fsp3) is 0.0833. The van der Waals surface area contributed by atoms with Crippen LogP contribution in [0.15, 0.2) is 77.4 Å². The molecule has 0 unspecified atom stereocenters. The molecule has 0 spiro atoms. The zero-order valence-electron chi connectivity index (χ0n) is 17.4. The number of amides is 1. The maximum Gasteiger partial charge on any atom is 0.230 e. The Kier molecular flexibility index (Phi) is 6.17. The van der Waals surface area contributed by atoms with E-state index in [9.17, 15) is 9.18 Å². The number of para-hydroxylation sites is 1. The third-order valence-corrected chi connectivity index (χ3v) is 8.03. The van der Waals surface area contributed by atoms with Crippen LogP contribution in [-0.4, -0.2) is 20.9 Å². The summed E-state index contributed by atoms with van der Waals surface area (Å²) in [6.07, 6.45) is 1.56. The summed E-state index contributed by atoms with van der Waals surface area (Å²) in [6.45, 7) is 1.54. The van der Waals surface area contributed by atoms with Gasteiger partial charge in [-0.1, -0.05) is 42.1 Å². The molecule has 164 valence electrons. The van der Waals surface area contributed by atoms with Crippen LogP contribution < -0.4 is 4.90 Å². The number of carbonyl (C=O) groups excluding carboxylic acids is 1. The first kappa shape index (κ1) is 21.7. The Morgan fingerprint density at radius 1 is 1.09 bits per heavy atom. The second-order valence-electron chi connectivity index (χ2n) is 7.11. The van der Waals surface area contributed by atoms with E-state index in [2.05, 4.69) is 9.97 Å². The molecule has 0 bridgehead atoms. The Morgan fingerprint density at radius 2 is 1.88 bits per heavy atom. The van der Waals surface area contributed by atoms with Gasteiger partial charge in [-0.25, -0.2) is 19.3 Å². The Morgan fingerprint density at radius 3 is 2.64 bits per heavy atom. The number of carbonyl (C=O) groups is 1. The van der Waals surface area contributed by atoms with E-state index in [-0.39, 0.29) is 11.7 Å². The molecule has 5 aromatic rings. The van der Waals surface area contributed by atoms with Crippen molar-refractivity contribution in [2.24, 2.45) is 0 Å². The number of fused-ring (bicyclic) bond motifs is 1. The highest BCUT2D eigenvalue weighted by molar-refractivity contribution is 7.98. The second kappa shape index (κ2) is 9.38. The lowest BCUT2D eigenvalue weighted by molar-refractivity contribution is -0.115. The van der Waals surface area contributed by atoms with Gasteiger partial charge in [-0.15, -0.1) is 22.7 Å². The molecule has 0 aliphatic carbocycles. The van der Waals surface area contributed by atoms with Crippen LogP contribution in [0.5, 0.6) is 0 Å². The summed E-state index contributed by atoms with van der Waals surface area (Å²) in [5, 5.41) is 3.49. The van der Waals surface area contributed by atoms with Crippen molar-refractivity contribution in [1.82, 2.24) is 15.0 Å². The summed E-state index contributed by atoms with van der Waals surface area (Å²) in [6, 6.07) is 18.0. The molecule has 0 atom stereocenters. The smallest absolute Gasteiger partial charge is 0.230 e. The van der Waals surface area contributed by atoms with E-state index >= 15 is 0 Å². The molecule has 5 rings (SSSR count). The van der Waals surface area contributed by atoms with Crippen molar-refractivity contribution in [3.05, 3.63) is 83.9 Å². The lowest BCUT2D eigenvalue weighted by Crippen LogP contribution is -2.22. The fourth-order valence-electron chi connectivity index (χ4n) is 3.30. The van der Waals surface area contributed by atoms with Gasteiger partial charge in [-0.3, -0.25) is 9.69 Å². The van der Waals surface area contributed by atoms with Crippen LogP contribution in [0.3, 0.4) is 0 Å². The number of thiazole rings is 1. The summed E-state index contributed by atoms with van der Waals surface area (Å²) in [4.78, 5) is 28.5. The van der Waals surface area contributed by atoms with E-state index in [0.29, 0.717) is 10.9 Å². The standard InChI is InChI=1S/C24H17FN4OS3/c1-15(30)29(19-5-3-2-4-6-19)24-28-18(13-32-24)12-31-23-22-20(26-14-27-23)11-21(33-22)16-7-9-17(25)10-8-16/h2-11,13-14H,12H2,1H3. The Bertz CT molecular complexity index is 1420. The second-order valence-corrected chi connectivity index (χ2v) is 9.96. The van der Waals surface area contributed by atoms with Crippen molar-refractivity contribution < 1.29 is 9.18 Å². The lowest BCUT2D eigenvalue weighted by Gasteiger charge is -2.17. The molecule has 0 aliphatic rings. The normalized spacial score (nSPS) is 11.1. The van der Waals surface area contributed by atoms with Crippen LogP contribution in [0.1, 0.15) is 12.6 Å². The summed E-state index contributed by atoms with van der Waals surface area (Å²) < 4.78 is 14.3. The molecule has 0 radical (unpaired) electrons. The molecule has 0 N–H and O–H groups in total. The van der Waals surface area contributed by atoms with Crippen molar-refractivity contribution >= 4 is 61.4 Å². The highest BCUT2D eigenvalue weighted by Crippen LogP contribution is 2.38. The van der Waals surface area contributed by atoms with Gasteiger partial charge in [-0.2, -0.15) is 0 Å². The van der Waals surface area contributed by atoms with E-state index in [0.717, 1.165) is 37.1 Å². The first-order valence-corrected chi connectivity index (χ1v) is 12.7. The number of benzene rings is 2. The molecule has 2 aromatic carbocycles. The molecule has 3 aromatic heterocycles. The molecule has 0 aliphatic heterocycles. The minimum absolute atomic E-state index is 0.0841. The Labute approximate surface area is 202 Å². The number of thioether (sulfide) groups is 1. The molecule has 0 saturated carbocycles. The lowest BCUT2D eigenvalue weighted by atomic mass is 10.2. The maximum atomic E-state index is 13.3. The average Bonchev–Trinajstić information content (AvgIpc) is 3.46. The summed E-state index contributed by atoms with van der Waals surface area (Å²) in [7, 11) is 0. The van der Waals surface area contributed by atoms with Gasteiger partial charge in [0, 0.05) is 22.9 Å². The predicted molar refractivity (Wildman–Crippen MR) is 134 cm³/mol. The van der Waals surface area contributed by atoms with Crippen LogP contribution >= 0.6 is 34.4 Å². The fourth-order valence-corrected chi connectivity index (χ4v) is 6.39. The van der Waals surface area contributed by atoms with Gasteiger partial charge in [0.1, 0.15) is 17.2 Å². The number of hydrogen-bond donors (Lipinski definition) is 0. The Balaban J connectivity index is 1.37. The van der Waals surface area contributed by atoms with Crippen LogP contribution in [0, 0.1) is 5.82 Å². The van der Waals surface area contributed by atoms with Crippen molar-refractivity contribution in [2.75, 3.05) is 4.90 Å². The number of thiophene rings is 1. The molecule has 3 heterocycles. The zero-order chi connectivity index (χ0) is 22.8. The monoisotopic (exact) mass is 492 g/mol. The van der Waals surface area contributed by atoms with Crippen LogP contribution in [0.25, 0.3) is 20.7 Å². The largest absolute Gasteiger partial charge is 0.274 e. The molecule has 33 heavy (non-hydrogen) atoms. The van der Waals surface area contributed by atoms with Gasteiger partial charge < -0.3 is 0 Å². The average molecular weight is 493 g/mol. The number of rotatable bonds is 6. The number of anilines is 2. The van der Waals surface area contributed by atoms with Crippen molar-refractivity contribution in [2.45, 2.75) is 17.7 Å². The number of nitrogens with zero attached hydrogens (tertiary/aromatic N) is 4. The molecule has 9 heteroatoms. The van der Waals surface area contributed by atoms with Crippen molar-refractivity contribution in [3.63, 3.8) is 0 Å². The maximum absolute atomic E-state index is 13.3. The van der Waals surface area contributed by atoms with Gasteiger partial charge >= 0.3 is 0 Å². The molecule has 5 nitrogen and oxygen atoms in total. The molecule has 1 amide bonds. The molecule has 0 saturated heterocycles. The van der Waals surface area contributed by atoms with E-state index < -0.39 is 0 Å². The zero-order valence-corrected chi connectivity index (χ0v) is 19.9. The highest BCUT2D eigenvalue weighted by atomic mass is 32.2. The van der Waals surface area contributed by atoms with Gasteiger partial charge in [0.25, 0.3) is 0 Å². The van der Waals surface area contributed by atoms with E-state index in [1.165, 1.54) is 30.4 Å². The third kappa shape index (κ3) is 4.66. The van der Waals surface area contributed by atoms with Crippen molar-refractivity contribution in [3.8, 4) is 10.4 Å². The molecular weight excluding hydrogens is 475 g/mol. The van der Waals surface area contributed by atoms with Crippen LogP contribution in [-0.2, 0) is 10.5 Å². The van der Waals surface area contributed by atoms with Crippen molar-refractivity contribution in [1.29, 1.82) is 0 Å². The summed E-state index contributed by atoms with van der Waals surface area (Å²) >= 11 is 4.62. The Hall–Kier alpha value is -3.14. The first-order chi connectivity index (χ1) is 16.1. The predicted octanol–water partition coefficient (Wildman–Crippen LogP) is 6.93. The van der Waals surface area contributed by atoms with E-state index in [4.69, 9.17) is 4.98 Å². The number of halogens is 1. The molecular formula is C24H17FN4OS3. The summed E-state index contributed by atoms with van der Waals surface area (Å²) in [5.74, 6) is 0.278. The SMILES string of the molecule is CC(=O)N(c1ccccc1)c1nc(CSc2ncnc3cc(-c4ccc(F)cc4)sc23)cs1. The van der Waals surface area contributed by atoms with Crippen LogP contribution in [0.2, 0.25) is 0 Å². The van der Waals surface area contributed by atoms with Crippen LogP contribution in [0.4, 0.5) is 15.2 Å². The third-order valence-electron chi connectivity index (χ3n) is 4.82. The van der Waals surface area contributed by atoms with E-state index in [1.807, 2.05) is 41.8 Å². The quantitative estimate of drug-likeness (QED) is 0.190. The van der Waals surface area contributed by atoms with E-state index in [1.54, 1.807) is 46.5 Å².